The van der Waals surface area contributed by atoms with Gasteiger partial charge in [-0.3, -0.25) is 0 Å². The van der Waals surface area contributed by atoms with Crippen LogP contribution in [0.2, 0.25) is 0 Å². The SMILES string of the molecule is CC(c1ccccc1)n1ccc2c(-c3n[nH]nc3C=N)cccc21. The fourth-order valence-corrected chi connectivity index (χ4v) is 3.16. The minimum atomic E-state index is 0.235. The molecule has 0 radical (unpaired) electrons. The van der Waals surface area contributed by atoms with E-state index >= 15 is 0 Å². The summed E-state index contributed by atoms with van der Waals surface area (Å²) in [6, 6.07) is 18.9. The number of H-pyrrole nitrogens is 1. The molecule has 0 bridgehead atoms. The van der Waals surface area contributed by atoms with Crippen molar-refractivity contribution in [3.05, 3.63) is 72.1 Å². The number of aromatic amines is 1. The molecule has 5 nitrogen and oxygen atoms in total. The Morgan fingerprint density at radius 2 is 1.88 bits per heavy atom. The fourth-order valence-electron chi connectivity index (χ4n) is 3.16. The first-order valence-corrected chi connectivity index (χ1v) is 7.85. The van der Waals surface area contributed by atoms with E-state index in [0.29, 0.717) is 11.4 Å². The molecule has 1 atom stereocenters. The maximum absolute atomic E-state index is 7.49. The van der Waals surface area contributed by atoms with Gasteiger partial charge in [0.1, 0.15) is 11.4 Å². The maximum Gasteiger partial charge on any atom is 0.131 e. The molecule has 118 valence electrons. The average Bonchev–Trinajstić information content (AvgIpc) is 3.28. The molecule has 5 heteroatoms. The molecule has 1 unspecified atom stereocenters. The van der Waals surface area contributed by atoms with Crippen molar-refractivity contribution < 1.29 is 0 Å². The molecular weight excluding hydrogens is 298 g/mol. The van der Waals surface area contributed by atoms with Crippen molar-refractivity contribution >= 4 is 17.1 Å². The zero-order chi connectivity index (χ0) is 16.5. The molecule has 24 heavy (non-hydrogen) atoms. The van der Waals surface area contributed by atoms with Crippen LogP contribution in [0.1, 0.15) is 24.2 Å². The Morgan fingerprint density at radius 3 is 2.67 bits per heavy atom. The molecule has 0 amide bonds. The van der Waals surface area contributed by atoms with E-state index in [9.17, 15) is 0 Å². The lowest BCUT2D eigenvalue weighted by atomic mass is 10.1. The highest BCUT2D eigenvalue weighted by Crippen LogP contribution is 2.32. The fraction of sp³-hybridized carbons (Fsp3) is 0.105. The van der Waals surface area contributed by atoms with E-state index in [0.717, 1.165) is 16.5 Å². The van der Waals surface area contributed by atoms with Crippen molar-refractivity contribution in [1.82, 2.24) is 20.0 Å². The molecular formula is C19H17N5. The third-order valence-electron chi connectivity index (χ3n) is 4.43. The Kier molecular flexibility index (Phi) is 3.46. The maximum atomic E-state index is 7.49. The topological polar surface area (TPSA) is 70.3 Å². The summed E-state index contributed by atoms with van der Waals surface area (Å²) >= 11 is 0. The van der Waals surface area contributed by atoms with Gasteiger partial charge >= 0.3 is 0 Å². The van der Waals surface area contributed by atoms with Crippen LogP contribution >= 0.6 is 0 Å². The van der Waals surface area contributed by atoms with Crippen LogP contribution in [0.25, 0.3) is 22.2 Å². The van der Waals surface area contributed by atoms with Gasteiger partial charge in [-0.2, -0.15) is 15.4 Å². The summed E-state index contributed by atoms with van der Waals surface area (Å²) in [4.78, 5) is 0. The highest BCUT2D eigenvalue weighted by molar-refractivity contribution is 5.98. The highest BCUT2D eigenvalue weighted by Gasteiger charge is 2.15. The Morgan fingerprint density at radius 1 is 1.04 bits per heavy atom. The molecule has 0 spiro atoms. The number of benzene rings is 2. The molecule has 2 N–H and O–H groups in total. The summed E-state index contributed by atoms with van der Waals surface area (Å²) < 4.78 is 2.26. The number of hydrogen-bond donors (Lipinski definition) is 2. The first-order valence-electron chi connectivity index (χ1n) is 7.85. The van der Waals surface area contributed by atoms with Gasteiger partial charge in [0.2, 0.25) is 0 Å². The van der Waals surface area contributed by atoms with Gasteiger partial charge in [0.15, 0.2) is 0 Å². The van der Waals surface area contributed by atoms with Gasteiger partial charge < -0.3 is 9.98 Å². The number of rotatable bonds is 4. The third kappa shape index (κ3) is 2.22. The Labute approximate surface area is 139 Å². The van der Waals surface area contributed by atoms with Gasteiger partial charge in [0.05, 0.1) is 6.04 Å². The van der Waals surface area contributed by atoms with Crippen molar-refractivity contribution in [2.75, 3.05) is 0 Å². The van der Waals surface area contributed by atoms with E-state index in [4.69, 9.17) is 5.41 Å². The standard InChI is InChI=1S/C19H17N5/c1-13(14-6-3-2-4-7-14)24-11-10-15-16(8-5-9-18(15)24)19-17(12-20)21-23-22-19/h2-13,20H,1H3,(H,21,22,23). The largest absolute Gasteiger partial charge is 0.340 e. The third-order valence-corrected chi connectivity index (χ3v) is 4.43. The van der Waals surface area contributed by atoms with Crippen molar-refractivity contribution in [3.8, 4) is 11.3 Å². The van der Waals surface area contributed by atoms with Crippen LogP contribution < -0.4 is 0 Å². The minimum absolute atomic E-state index is 0.235. The van der Waals surface area contributed by atoms with Gasteiger partial charge in [-0.1, -0.05) is 42.5 Å². The number of nitrogens with zero attached hydrogens (tertiary/aromatic N) is 3. The van der Waals surface area contributed by atoms with E-state index in [1.165, 1.54) is 11.8 Å². The quantitative estimate of drug-likeness (QED) is 0.558. The van der Waals surface area contributed by atoms with E-state index in [-0.39, 0.29) is 6.04 Å². The first-order chi connectivity index (χ1) is 11.8. The van der Waals surface area contributed by atoms with Crippen LogP contribution in [-0.4, -0.2) is 26.2 Å². The summed E-state index contributed by atoms with van der Waals surface area (Å²) in [6.45, 7) is 2.19. The summed E-state index contributed by atoms with van der Waals surface area (Å²) in [5.74, 6) is 0. The van der Waals surface area contributed by atoms with Crippen LogP contribution in [0.5, 0.6) is 0 Å². The highest BCUT2D eigenvalue weighted by atomic mass is 15.3. The second kappa shape index (κ2) is 5.77. The van der Waals surface area contributed by atoms with E-state index in [1.54, 1.807) is 0 Å². The summed E-state index contributed by atoms with van der Waals surface area (Å²) in [6.07, 6.45) is 3.33. The number of hydrogen-bond acceptors (Lipinski definition) is 3. The molecule has 2 heterocycles. The molecule has 2 aromatic heterocycles. The molecule has 0 aliphatic heterocycles. The van der Waals surface area contributed by atoms with Gasteiger partial charge in [0.25, 0.3) is 0 Å². The average molecular weight is 315 g/mol. The van der Waals surface area contributed by atoms with E-state index in [1.807, 2.05) is 18.2 Å². The smallest absolute Gasteiger partial charge is 0.131 e. The molecule has 2 aromatic carbocycles. The predicted molar refractivity (Wildman–Crippen MR) is 95.5 cm³/mol. The molecule has 0 aliphatic rings. The lowest BCUT2D eigenvalue weighted by molar-refractivity contribution is 0.664. The van der Waals surface area contributed by atoms with E-state index < -0.39 is 0 Å². The second-order valence-corrected chi connectivity index (χ2v) is 5.75. The van der Waals surface area contributed by atoms with Gasteiger partial charge in [-0.25, -0.2) is 0 Å². The van der Waals surface area contributed by atoms with Crippen LogP contribution in [0.4, 0.5) is 0 Å². The lowest BCUT2D eigenvalue weighted by Gasteiger charge is -2.16. The number of nitrogens with one attached hydrogen (secondary N) is 2. The zero-order valence-corrected chi connectivity index (χ0v) is 13.3. The van der Waals surface area contributed by atoms with Gasteiger partial charge in [-0.15, -0.1) is 0 Å². The summed E-state index contributed by atoms with van der Waals surface area (Å²) in [5, 5.41) is 19.5. The minimum Gasteiger partial charge on any atom is -0.340 e. The summed E-state index contributed by atoms with van der Waals surface area (Å²) in [5.41, 5.74) is 4.65. The molecule has 4 rings (SSSR count). The van der Waals surface area contributed by atoms with Crippen LogP contribution in [0.3, 0.4) is 0 Å². The van der Waals surface area contributed by atoms with Crippen molar-refractivity contribution in [2.45, 2.75) is 13.0 Å². The zero-order valence-electron chi connectivity index (χ0n) is 13.3. The number of fused-ring (bicyclic) bond motifs is 1. The van der Waals surface area contributed by atoms with Crippen molar-refractivity contribution in [1.29, 1.82) is 5.41 Å². The molecule has 4 aromatic rings. The predicted octanol–water partition coefficient (Wildman–Crippen LogP) is 4.03. The van der Waals surface area contributed by atoms with Gasteiger partial charge in [-0.05, 0) is 24.6 Å². The van der Waals surface area contributed by atoms with Crippen LogP contribution in [0, 0.1) is 5.41 Å². The second-order valence-electron chi connectivity index (χ2n) is 5.75. The van der Waals surface area contributed by atoms with Crippen molar-refractivity contribution in [2.24, 2.45) is 0 Å². The first kappa shape index (κ1) is 14.4. The molecule has 0 saturated heterocycles. The van der Waals surface area contributed by atoms with Gasteiger partial charge in [0, 0.05) is 28.9 Å². The van der Waals surface area contributed by atoms with Crippen LogP contribution in [0.15, 0.2) is 60.8 Å². The van der Waals surface area contributed by atoms with Crippen LogP contribution in [-0.2, 0) is 0 Å². The normalized spacial score (nSPS) is 12.4. The Bertz CT molecular complexity index is 997. The van der Waals surface area contributed by atoms with Crippen molar-refractivity contribution in [3.63, 3.8) is 0 Å². The Hall–Kier alpha value is -3.21. The molecule has 0 fully saturated rings. The molecule has 0 aliphatic carbocycles. The van der Waals surface area contributed by atoms with E-state index in [2.05, 4.69) is 69.5 Å². The lowest BCUT2D eigenvalue weighted by Crippen LogP contribution is -2.04. The molecule has 0 saturated carbocycles. The number of aromatic nitrogens is 4. The summed E-state index contributed by atoms with van der Waals surface area (Å²) in [7, 11) is 0. The monoisotopic (exact) mass is 315 g/mol. The Balaban J connectivity index is 1.87.